The lowest BCUT2D eigenvalue weighted by atomic mass is 9.84. The number of anilines is 2. The largest absolute Gasteiger partial charge is 0.573 e. The molecule has 3 aromatic rings. The average molecular weight is 571 g/mol. The molecule has 1 fully saturated rings. The molecule has 208 valence electrons. The molecule has 2 aromatic heterocycles. The Balaban J connectivity index is 1.34. The van der Waals surface area contributed by atoms with Crippen LogP contribution in [0.4, 0.5) is 27.8 Å². The number of carbonyl (C=O) groups is 2. The zero-order valence-corrected chi connectivity index (χ0v) is 21.1. The fourth-order valence-corrected chi connectivity index (χ4v) is 4.93. The molecule has 39 heavy (non-hydrogen) atoms. The predicted molar refractivity (Wildman–Crippen MR) is 129 cm³/mol. The molecule has 0 radical (unpaired) electrons. The lowest BCUT2D eigenvalue weighted by Crippen LogP contribution is -2.25. The van der Waals surface area contributed by atoms with Crippen LogP contribution in [0.25, 0.3) is 0 Å². The Bertz CT molecular complexity index is 1330. The number of methoxy groups -OCH3 is 1. The Morgan fingerprint density at radius 2 is 1.82 bits per heavy atom. The zero-order valence-electron chi connectivity index (χ0n) is 20.2. The Kier molecular flexibility index (Phi) is 8.54. The topological polar surface area (TPSA) is 148 Å². The number of ether oxygens (including phenoxy) is 2. The van der Waals surface area contributed by atoms with Crippen LogP contribution >= 0.6 is 11.3 Å². The molecular weight excluding hydrogens is 548 g/mol. The van der Waals surface area contributed by atoms with Crippen LogP contribution in [0.15, 0.2) is 30.5 Å². The number of aromatic carboxylic acids is 1. The third-order valence-electron chi connectivity index (χ3n) is 6.01. The number of carboxylic acids is 1. The van der Waals surface area contributed by atoms with Crippen molar-refractivity contribution in [2.45, 2.75) is 50.1 Å². The van der Waals surface area contributed by atoms with Gasteiger partial charge in [0, 0.05) is 24.6 Å². The van der Waals surface area contributed by atoms with Crippen molar-refractivity contribution in [3.63, 3.8) is 0 Å². The highest BCUT2D eigenvalue weighted by atomic mass is 32.1. The smallest absolute Gasteiger partial charge is 0.478 e. The van der Waals surface area contributed by atoms with Gasteiger partial charge in [-0.3, -0.25) is 10.1 Å². The second-order valence-electron chi connectivity index (χ2n) is 8.62. The Hall–Kier alpha value is -3.92. The van der Waals surface area contributed by atoms with Crippen molar-refractivity contribution in [2.24, 2.45) is 0 Å². The number of amides is 1. The lowest BCUT2D eigenvalue weighted by Gasteiger charge is -2.28. The monoisotopic (exact) mass is 570 g/mol. The van der Waals surface area contributed by atoms with E-state index in [1.54, 1.807) is 0 Å². The van der Waals surface area contributed by atoms with E-state index in [0.29, 0.717) is 10.8 Å². The molecule has 0 spiro atoms. The summed E-state index contributed by atoms with van der Waals surface area (Å²) in [6, 6.07) is 3.85. The van der Waals surface area contributed by atoms with E-state index in [0.717, 1.165) is 62.3 Å². The number of carbonyl (C=O) groups excluding carboxylic acids is 1. The normalized spacial score (nSPS) is 18.3. The first kappa shape index (κ1) is 28.1. The van der Waals surface area contributed by atoms with Gasteiger partial charge in [-0.05, 0) is 49.9 Å². The molecule has 1 aromatic carbocycles. The molecule has 0 aliphatic heterocycles. The maximum absolute atomic E-state index is 14.3. The van der Waals surface area contributed by atoms with Crippen LogP contribution in [0.5, 0.6) is 5.75 Å². The van der Waals surface area contributed by atoms with Gasteiger partial charge >= 0.3 is 12.3 Å². The Morgan fingerprint density at radius 3 is 2.49 bits per heavy atom. The number of hydrogen-bond acceptors (Lipinski definition) is 10. The zero-order chi connectivity index (χ0) is 28.2. The van der Waals surface area contributed by atoms with Gasteiger partial charge in [0.25, 0.3) is 5.91 Å². The Morgan fingerprint density at radius 1 is 1.10 bits per heavy atom. The first-order chi connectivity index (χ1) is 18.5. The molecule has 2 heterocycles. The second kappa shape index (κ2) is 11.9. The molecule has 1 amide bonds. The fraction of sp³-hybridized carbons (Fsp3) is 0.391. The summed E-state index contributed by atoms with van der Waals surface area (Å²) in [5.74, 6) is -3.51. The van der Waals surface area contributed by atoms with Crippen molar-refractivity contribution in [2.75, 3.05) is 17.7 Å². The van der Waals surface area contributed by atoms with Gasteiger partial charge < -0.3 is 19.9 Å². The van der Waals surface area contributed by atoms with Crippen LogP contribution in [0.2, 0.25) is 0 Å². The van der Waals surface area contributed by atoms with Gasteiger partial charge in [-0.1, -0.05) is 11.3 Å². The van der Waals surface area contributed by atoms with E-state index in [2.05, 4.69) is 35.8 Å². The van der Waals surface area contributed by atoms with Crippen LogP contribution in [0.3, 0.4) is 0 Å². The second-order valence-corrected chi connectivity index (χ2v) is 9.59. The van der Waals surface area contributed by atoms with Crippen LogP contribution in [0.1, 0.15) is 59.3 Å². The quantitative estimate of drug-likeness (QED) is 0.313. The van der Waals surface area contributed by atoms with E-state index in [9.17, 15) is 27.2 Å². The van der Waals surface area contributed by atoms with Crippen LogP contribution < -0.4 is 15.4 Å². The van der Waals surface area contributed by atoms with E-state index < -0.39 is 41.5 Å². The van der Waals surface area contributed by atoms with Crippen LogP contribution in [-0.2, 0) is 9.53 Å². The van der Waals surface area contributed by atoms with E-state index in [1.165, 1.54) is 12.3 Å². The van der Waals surface area contributed by atoms with Crippen molar-refractivity contribution in [1.82, 2.24) is 20.4 Å². The molecule has 0 unspecified atom stereocenters. The van der Waals surface area contributed by atoms with Crippen molar-refractivity contribution < 1.29 is 41.7 Å². The highest BCUT2D eigenvalue weighted by Gasteiger charge is 2.33. The number of alkyl halides is 3. The third kappa shape index (κ3) is 7.35. The maximum atomic E-state index is 14.3. The van der Waals surface area contributed by atoms with Gasteiger partial charge in [-0.15, -0.1) is 23.4 Å². The van der Waals surface area contributed by atoms with E-state index in [-0.39, 0.29) is 22.7 Å². The average Bonchev–Trinajstić information content (AvgIpc) is 3.32. The minimum Gasteiger partial charge on any atom is -0.478 e. The molecule has 4 rings (SSSR count). The number of nitrogens with zero attached hydrogens (tertiary/aromatic N) is 4. The molecule has 1 aliphatic carbocycles. The lowest BCUT2D eigenvalue weighted by molar-refractivity contribution is -0.274. The number of benzene rings is 1. The van der Waals surface area contributed by atoms with Crippen molar-refractivity contribution >= 4 is 33.5 Å². The molecule has 11 nitrogen and oxygen atoms in total. The van der Waals surface area contributed by atoms with Gasteiger partial charge in [-0.25, -0.2) is 9.18 Å². The SMILES string of the molecule is CO[C@@H](C(=O)Nc1nnc(N[C@H]2CC[C@H](c3cc(C(=O)O)cnn3)CC2)s1)c1cc(OC(F)(F)F)ccc1F. The standard InChI is InChI=1S/C23H22F4N6O5S/c1-37-18(15-9-14(6-7-16(15)24)38-23(25,26)27)19(34)30-22-33-32-21(39-22)29-13-4-2-11(3-5-13)17-8-12(20(35)36)10-28-31-17/h6-11,13,18H,2-5H2,1H3,(H,29,32)(H,35,36)(H,30,33,34)/t11-,13-,18-/m1/s1. The number of hydrogen-bond donors (Lipinski definition) is 3. The minimum atomic E-state index is -4.99. The Labute approximate surface area is 222 Å². The summed E-state index contributed by atoms with van der Waals surface area (Å²) >= 11 is 1.02. The van der Waals surface area contributed by atoms with Crippen LogP contribution in [0, 0.1) is 5.82 Å². The summed E-state index contributed by atoms with van der Waals surface area (Å²) in [6.45, 7) is 0. The molecule has 1 aliphatic rings. The van der Waals surface area contributed by atoms with E-state index in [1.807, 2.05) is 0 Å². The summed E-state index contributed by atoms with van der Waals surface area (Å²) in [5.41, 5.74) is 0.272. The fourth-order valence-electron chi connectivity index (χ4n) is 4.21. The van der Waals surface area contributed by atoms with E-state index >= 15 is 0 Å². The molecule has 0 saturated heterocycles. The van der Waals surface area contributed by atoms with Crippen LogP contribution in [-0.4, -0.2) is 56.9 Å². The number of nitrogens with one attached hydrogen (secondary N) is 2. The summed E-state index contributed by atoms with van der Waals surface area (Å²) in [7, 11) is 1.11. The van der Waals surface area contributed by atoms with Gasteiger partial charge in [0.1, 0.15) is 11.6 Å². The highest BCUT2D eigenvalue weighted by Crippen LogP contribution is 2.34. The molecule has 1 saturated carbocycles. The summed E-state index contributed by atoms with van der Waals surface area (Å²) in [5, 5.41) is 31.0. The van der Waals surface area contributed by atoms with Gasteiger partial charge in [-0.2, -0.15) is 10.2 Å². The molecule has 3 N–H and O–H groups in total. The third-order valence-corrected chi connectivity index (χ3v) is 6.78. The van der Waals surface area contributed by atoms with Gasteiger partial charge in [0.2, 0.25) is 10.3 Å². The van der Waals surface area contributed by atoms with E-state index in [4.69, 9.17) is 9.84 Å². The van der Waals surface area contributed by atoms with Gasteiger partial charge in [0.15, 0.2) is 6.10 Å². The first-order valence-electron chi connectivity index (χ1n) is 11.6. The highest BCUT2D eigenvalue weighted by molar-refractivity contribution is 7.19. The molecular formula is C23H22F4N6O5S. The number of aromatic nitrogens is 4. The summed E-state index contributed by atoms with van der Waals surface area (Å²) in [6.07, 6.45) is -2.39. The van der Waals surface area contributed by atoms with Crippen molar-refractivity contribution in [3.05, 3.63) is 53.1 Å². The minimum absolute atomic E-state index is 0.0468. The molecule has 0 bridgehead atoms. The van der Waals surface area contributed by atoms with Gasteiger partial charge in [0.05, 0.1) is 17.5 Å². The predicted octanol–water partition coefficient (Wildman–Crippen LogP) is 4.53. The van der Waals surface area contributed by atoms with Crippen molar-refractivity contribution in [1.29, 1.82) is 0 Å². The molecule has 1 atom stereocenters. The first-order valence-corrected chi connectivity index (χ1v) is 12.4. The molecule has 16 heteroatoms. The number of rotatable bonds is 9. The maximum Gasteiger partial charge on any atom is 0.573 e. The number of halogens is 4. The number of carboxylic acid groups (broad SMARTS) is 1. The summed E-state index contributed by atoms with van der Waals surface area (Å²) < 4.78 is 60.8. The van der Waals surface area contributed by atoms with Crippen molar-refractivity contribution in [3.8, 4) is 5.75 Å². The summed E-state index contributed by atoms with van der Waals surface area (Å²) in [4.78, 5) is 23.9.